The van der Waals surface area contributed by atoms with Gasteiger partial charge in [0.15, 0.2) is 4.80 Å². The first-order valence-corrected chi connectivity index (χ1v) is 8.00. The van der Waals surface area contributed by atoms with E-state index >= 15 is 0 Å². The molecule has 0 amide bonds. The molecule has 0 spiro atoms. The summed E-state index contributed by atoms with van der Waals surface area (Å²) in [7, 11) is 1.89. The summed E-state index contributed by atoms with van der Waals surface area (Å²) in [5.41, 5.74) is 2.55. The van der Waals surface area contributed by atoms with Crippen LogP contribution in [0.5, 0.6) is 0 Å². The molecule has 0 N–H and O–H groups in total. The molecule has 1 heterocycles. The molecule has 0 atom stereocenters. The summed E-state index contributed by atoms with van der Waals surface area (Å²) < 4.78 is 1.92. The number of benzene rings is 2. The second kappa shape index (κ2) is 6.36. The second-order valence-electron chi connectivity index (χ2n) is 4.86. The van der Waals surface area contributed by atoms with Gasteiger partial charge < -0.3 is 4.57 Å². The van der Waals surface area contributed by atoms with E-state index in [0.717, 1.165) is 21.7 Å². The molecule has 2 aromatic carbocycles. The highest BCUT2D eigenvalue weighted by Gasteiger charge is 2.10. The van der Waals surface area contributed by atoms with Gasteiger partial charge in [-0.2, -0.15) is 0 Å². The van der Waals surface area contributed by atoms with Gasteiger partial charge in [0, 0.05) is 35.1 Å². The molecule has 0 aliphatic carbocycles. The molecule has 7 heteroatoms. The largest absolute Gasteiger partial charge is 0.320 e. The zero-order valence-corrected chi connectivity index (χ0v) is 13.7. The maximum absolute atomic E-state index is 10.9. The lowest BCUT2D eigenvalue weighted by atomic mass is 10.1. The van der Waals surface area contributed by atoms with Crippen LogP contribution in [0, 0.1) is 10.1 Å². The fourth-order valence-corrected chi connectivity index (χ4v) is 3.19. The lowest BCUT2D eigenvalue weighted by molar-refractivity contribution is -0.384. The Morgan fingerprint density at radius 2 is 1.96 bits per heavy atom. The quantitative estimate of drug-likeness (QED) is 0.516. The van der Waals surface area contributed by atoms with Crippen LogP contribution in [0.4, 0.5) is 11.4 Å². The lowest BCUT2D eigenvalue weighted by Crippen LogP contribution is -2.10. The number of nitro groups is 1. The van der Waals surface area contributed by atoms with Crippen molar-refractivity contribution in [2.45, 2.75) is 0 Å². The van der Waals surface area contributed by atoms with E-state index in [0.29, 0.717) is 5.02 Å². The summed E-state index contributed by atoms with van der Waals surface area (Å²) in [4.78, 5) is 15.9. The van der Waals surface area contributed by atoms with Crippen LogP contribution in [0.15, 0.2) is 58.9 Å². The highest BCUT2D eigenvalue weighted by molar-refractivity contribution is 7.07. The number of nitrogens with zero attached hydrogens (tertiary/aromatic N) is 3. The maximum Gasteiger partial charge on any atom is 0.270 e. The van der Waals surface area contributed by atoms with E-state index in [4.69, 9.17) is 11.6 Å². The van der Waals surface area contributed by atoms with Gasteiger partial charge in [0.1, 0.15) is 0 Å². The average molecular weight is 346 g/mol. The minimum Gasteiger partial charge on any atom is -0.320 e. The normalized spacial score (nSPS) is 11.7. The summed E-state index contributed by atoms with van der Waals surface area (Å²) >= 11 is 7.35. The molecule has 0 radical (unpaired) electrons. The second-order valence-corrected chi connectivity index (χ2v) is 6.13. The molecule has 0 aliphatic rings. The molecule has 116 valence electrons. The van der Waals surface area contributed by atoms with Gasteiger partial charge in [-0.15, -0.1) is 11.3 Å². The number of aromatic nitrogens is 1. The first-order chi connectivity index (χ1) is 11.0. The van der Waals surface area contributed by atoms with Crippen LogP contribution in [0.2, 0.25) is 5.02 Å². The van der Waals surface area contributed by atoms with Crippen molar-refractivity contribution in [1.29, 1.82) is 0 Å². The Bertz CT molecular complexity index is 929. The molecule has 5 nitrogen and oxygen atoms in total. The molecule has 1 aromatic heterocycles. The molecular formula is C16H12ClN3O2S. The first kappa shape index (κ1) is 15.5. The van der Waals surface area contributed by atoms with E-state index in [1.807, 2.05) is 35.2 Å². The topological polar surface area (TPSA) is 60.4 Å². The third kappa shape index (κ3) is 3.33. The van der Waals surface area contributed by atoms with Gasteiger partial charge in [0.2, 0.25) is 0 Å². The van der Waals surface area contributed by atoms with E-state index in [2.05, 4.69) is 4.99 Å². The Morgan fingerprint density at radius 3 is 2.65 bits per heavy atom. The van der Waals surface area contributed by atoms with E-state index < -0.39 is 4.92 Å². The van der Waals surface area contributed by atoms with Gasteiger partial charge in [0.05, 0.1) is 16.3 Å². The molecule has 0 saturated carbocycles. The van der Waals surface area contributed by atoms with E-state index in [1.165, 1.54) is 17.4 Å². The third-order valence-electron chi connectivity index (χ3n) is 3.33. The summed E-state index contributed by atoms with van der Waals surface area (Å²) in [6.07, 6.45) is 0. The Morgan fingerprint density at radius 1 is 1.22 bits per heavy atom. The summed E-state index contributed by atoms with van der Waals surface area (Å²) in [5.74, 6) is 0. The van der Waals surface area contributed by atoms with Gasteiger partial charge in [-0.1, -0.05) is 23.7 Å². The predicted molar refractivity (Wildman–Crippen MR) is 92.1 cm³/mol. The van der Waals surface area contributed by atoms with Crippen LogP contribution in [0.1, 0.15) is 0 Å². The Labute approximate surface area is 141 Å². The number of rotatable bonds is 3. The molecule has 3 aromatic rings. The number of thiazole rings is 1. The zero-order chi connectivity index (χ0) is 16.4. The van der Waals surface area contributed by atoms with Gasteiger partial charge in [0.25, 0.3) is 5.69 Å². The fourth-order valence-electron chi connectivity index (χ4n) is 2.14. The smallest absolute Gasteiger partial charge is 0.270 e. The highest BCUT2D eigenvalue weighted by atomic mass is 35.5. The summed E-state index contributed by atoms with van der Waals surface area (Å²) in [6.45, 7) is 0. The number of halogens is 1. The van der Waals surface area contributed by atoms with Crippen molar-refractivity contribution >= 4 is 34.3 Å². The van der Waals surface area contributed by atoms with E-state index in [-0.39, 0.29) is 5.69 Å². The Kier molecular flexibility index (Phi) is 4.27. The summed E-state index contributed by atoms with van der Waals surface area (Å²) in [6, 6.07) is 13.8. The maximum atomic E-state index is 10.9. The van der Waals surface area contributed by atoms with Crippen molar-refractivity contribution in [3.63, 3.8) is 0 Å². The third-order valence-corrected chi connectivity index (χ3v) is 4.50. The van der Waals surface area contributed by atoms with Crippen LogP contribution in [0.3, 0.4) is 0 Å². The van der Waals surface area contributed by atoms with Crippen LogP contribution in [-0.4, -0.2) is 9.49 Å². The van der Waals surface area contributed by atoms with Gasteiger partial charge in [-0.05, 0) is 24.3 Å². The Balaban J connectivity index is 2.04. The number of nitro benzene ring substituents is 1. The zero-order valence-electron chi connectivity index (χ0n) is 12.1. The number of hydrogen-bond acceptors (Lipinski definition) is 4. The van der Waals surface area contributed by atoms with Crippen LogP contribution < -0.4 is 4.80 Å². The number of hydrogen-bond donors (Lipinski definition) is 0. The van der Waals surface area contributed by atoms with Crippen LogP contribution in [0.25, 0.3) is 11.3 Å². The SMILES string of the molecule is Cn1c(-c2cccc([N+](=O)[O-])c2)csc1=Nc1ccc(Cl)cc1. The van der Waals surface area contributed by atoms with Crippen LogP contribution >= 0.6 is 22.9 Å². The minimum atomic E-state index is -0.394. The molecule has 0 unspecified atom stereocenters. The van der Waals surface area contributed by atoms with Crippen molar-refractivity contribution in [1.82, 2.24) is 4.57 Å². The van der Waals surface area contributed by atoms with Gasteiger partial charge in [-0.3, -0.25) is 10.1 Å². The van der Waals surface area contributed by atoms with E-state index in [9.17, 15) is 10.1 Å². The monoisotopic (exact) mass is 345 g/mol. The Hall–Kier alpha value is -2.44. The molecule has 0 aliphatic heterocycles. The average Bonchev–Trinajstić information content (AvgIpc) is 2.91. The van der Waals surface area contributed by atoms with Crippen molar-refractivity contribution in [3.05, 3.63) is 73.8 Å². The lowest BCUT2D eigenvalue weighted by Gasteiger charge is -2.03. The van der Waals surface area contributed by atoms with Crippen molar-refractivity contribution in [2.75, 3.05) is 0 Å². The number of non-ortho nitro benzene ring substituents is 1. The summed E-state index contributed by atoms with van der Waals surface area (Å²) in [5, 5.41) is 13.5. The van der Waals surface area contributed by atoms with Crippen molar-refractivity contribution in [2.24, 2.45) is 12.0 Å². The molecule has 0 fully saturated rings. The standard InChI is InChI=1S/C16H12ClN3O2S/c1-19-15(11-3-2-4-14(9-11)20(21)22)10-23-16(19)18-13-7-5-12(17)6-8-13/h2-10H,1H3. The van der Waals surface area contributed by atoms with Crippen molar-refractivity contribution in [3.8, 4) is 11.3 Å². The van der Waals surface area contributed by atoms with Gasteiger partial charge in [-0.25, -0.2) is 4.99 Å². The molecule has 23 heavy (non-hydrogen) atoms. The first-order valence-electron chi connectivity index (χ1n) is 6.74. The van der Waals surface area contributed by atoms with Crippen molar-refractivity contribution < 1.29 is 4.92 Å². The van der Waals surface area contributed by atoms with Gasteiger partial charge >= 0.3 is 0 Å². The minimum absolute atomic E-state index is 0.0740. The molecule has 0 saturated heterocycles. The fraction of sp³-hybridized carbons (Fsp3) is 0.0625. The molecule has 0 bridgehead atoms. The van der Waals surface area contributed by atoms with E-state index in [1.54, 1.807) is 24.3 Å². The molecule has 3 rings (SSSR count). The highest BCUT2D eigenvalue weighted by Crippen LogP contribution is 2.24. The predicted octanol–water partition coefficient (Wildman–Crippen LogP) is 4.55. The van der Waals surface area contributed by atoms with Crippen LogP contribution in [-0.2, 0) is 7.05 Å². The molecular weight excluding hydrogens is 334 g/mol.